The molecule has 0 fully saturated rings. The van der Waals surface area contributed by atoms with E-state index in [1.807, 2.05) is 6.07 Å². The van der Waals surface area contributed by atoms with Gasteiger partial charge in [-0.2, -0.15) is 0 Å². The third-order valence-corrected chi connectivity index (χ3v) is 2.06. The van der Waals surface area contributed by atoms with E-state index < -0.39 is 0 Å². The molecule has 0 bridgehead atoms. The minimum atomic E-state index is 0.170. The Morgan fingerprint density at radius 2 is 2.13 bits per heavy atom. The molecule has 0 heterocycles. The second kappa shape index (κ2) is 6.27. The molecule has 0 radical (unpaired) electrons. The molecule has 1 aromatic rings. The first-order valence-electron chi connectivity index (χ1n) is 4.83. The summed E-state index contributed by atoms with van der Waals surface area (Å²) >= 11 is 0. The van der Waals surface area contributed by atoms with Crippen molar-refractivity contribution in [3.8, 4) is 11.5 Å². The van der Waals surface area contributed by atoms with E-state index in [1.165, 1.54) is 7.11 Å². The molecule has 2 N–H and O–H groups in total. The van der Waals surface area contributed by atoms with Crippen LogP contribution in [-0.4, -0.2) is 32.5 Å². The normalized spacial score (nSPS) is 10.3. The van der Waals surface area contributed by atoms with Crippen LogP contribution in [0.3, 0.4) is 0 Å². The molecule has 84 valence electrons. The maximum Gasteiger partial charge on any atom is 0.160 e. The minimum Gasteiger partial charge on any atom is -0.504 e. The van der Waals surface area contributed by atoms with Crippen molar-refractivity contribution in [1.82, 2.24) is 5.32 Å². The number of nitrogens with one attached hydrogen (secondary N) is 1. The standard InChI is InChI=1S/C11H17NO3/c1-14-6-5-12-8-9-3-4-11(15-2)10(13)7-9/h3-4,7,12-13H,5-6,8H2,1-2H3. The smallest absolute Gasteiger partial charge is 0.160 e. The second-order valence-electron chi connectivity index (χ2n) is 3.18. The summed E-state index contributed by atoms with van der Waals surface area (Å²) in [6.45, 7) is 2.19. The Kier molecular flexibility index (Phi) is 4.93. The van der Waals surface area contributed by atoms with Gasteiger partial charge >= 0.3 is 0 Å². The van der Waals surface area contributed by atoms with Crippen LogP contribution in [0.4, 0.5) is 0 Å². The molecule has 4 nitrogen and oxygen atoms in total. The van der Waals surface area contributed by atoms with E-state index in [1.54, 1.807) is 19.2 Å². The van der Waals surface area contributed by atoms with Gasteiger partial charge in [-0.3, -0.25) is 0 Å². The number of ether oxygens (including phenoxy) is 2. The summed E-state index contributed by atoms with van der Waals surface area (Å²) in [6.07, 6.45) is 0. The van der Waals surface area contributed by atoms with Gasteiger partial charge in [0, 0.05) is 20.2 Å². The van der Waals surface area contributed by atoms with Gasteiger partial charge in [-0.25, -0.2) is 0 Å². The Labute approximate surface area is 89.8 Å². The van der Waals surface area contributed by atoms with Crippen molar-refractivity contribution in [1.29, 1.82) is 0 Å². The van der Waals surface area contributed by atoms with Gasteiger partial charge < -0.3 is 19.9 Å². The summed E-state index contributed by atoms with van der Waals surface area (Å²) in [5, 5.41) is 12.7. The Morgan fingerprint density at radius 1 is 1.33 bits per heavy atom. The highest BCUT2D eigenvalue weighted by Crippen LogP contribution is 2.25. The Hall–Kier alpha value is -1.26. The Balaban J connectivity index is 2.45. The highest BCUT2D eigenvalue weighted by Gasteiger charge is 2.01. The van der Waals surface area contributed by atoms with E-state index in [0.717, 1.165) is 12.1 Å². The molecule has 0 aromatic heterocycles. The minimum absolute atomic E-state index is 0.170. The van der Waals surface area contributed by atoms with E-state index in [0.29, 0.717) is 18.9 Å². The van der Waals surface area contributed by atoms with Crippen LogP contribution in [0.15, 0.2) is 18.2 Å². The molecule has 0 saturated heterocycles. The van der Waals surface area contributed by atoms with Gasteiger partial charge in [0.2, 0.25) is 0 Å². The average Bonchev–Trinajstić information content (AvgIpc) is 2.25. The van der Waals surface area contributed by atoms with Gasteiger partial charge in [0.05, 0.1) is 13.7 Å². The van der Waals surface area contributed by atoms with Crippen molar-refractivity contribution in [2.24, 2.45) is 0 Å². The van der Waals surface area contributed by atoms with Crippen molar-refractivity contribution < 1.29 is 14.6 Å². The Morgan fingerprint density at radius 3 is 2.73 bits per heavy atom. The number of aromatic hydroxyl groups is 1. The number of phenolic OH excluding ortho intramolecular Hbond substituents is 1. The highest BCUT2D eigenvalue weighted by molar-refractivity contribution is 5.41. The number of hydrogen-bond donors (Lipinski definition) is 2. The summed E-state index contributed by atoms with van der Waals surface area (Å²) < 4.78 is 9.86. The van der Waals surface area contributed by atoms with Crippen LogP contribution < -0.4 is 10.1 Å². The molecule has 0 spiro atoms. The lowest BCUT2D eigenvalue weighted by Crippen LogP contribution is -2.18. The predicted octanol–water partition coefficient (Wildman–Crippen LogP) is 1.14. The molecular weight excluding hydrogens is 194 g/mol. The molecular formula is C11H17NO3. The molecule has 1 aromatic carbocycles. The molecule has 0 atom stereocenters. The molecule has 1 rings (SSSR count). The van der Waals surface area contributed by atoms with Crippen molar-refractivity contribution in [3.05, 3.63) is 23.8 Å². The topological polar surface area (TPSA) is 50.7 Å². The lowest BCUT2D eigenvalue weighted by Gasteiger charge is -2.07. The fourth-order valence-electron chi connectivity index (χ4n) is 1.25. The van der Waals surface area contributed by atoms with Crippen LogP contribution in [0.5, 0.6) is 11.5 Å². The maximum absolute atomic E-state index is 9.52. The van der Waals surface area contributed by atoms with E-state index >= 15 is 0 Å². The molecule has 0 amide bonds. The van der Waals surface area contributed by atoms with Crippen molar-refractivity contribution in [3.63, 3.8) is 0 Å². The Bertz CT molecular complexity index is 302. The van der Waals surface area contributed by atoms with Gasteiger partial charge in [0.25, 0.3) is 0 Å². The fourth-order valence-corrected chi connectivity index (χ4v) is 1.25. The van der Waals surface area contributed by atoms with Crippen LogP contribution in [-0.2, 0) is 11.3 Å². The number of rotatable bonds is 6. The average molecular weight is 211 g/mol. The first kappa shape index (κ1) is 11.8. The molecule has 0 aliphatic heterocycles. The molecule has 0 saturated carbocycles. The molecule has 0 aliphatic rings. The first-order valence-corrected chi connectivity index (χ1v) is 4.83. The monoisotopic (exact) mass is 211 g/mol. The zero-order valence-electron chi connectivity index (χ0n) is 9.12. The van der Waals surface area contributed by atoms with E-state index in [4.69, 9.17) is 9.47 Å². The van der Waals surface area contributed by atoms with Gasteiger partial charge in [0.1, 0.15) is 0 Å². The number of hydrogen-bond acceptors (Lipinski definition) is 4. The third-order valence-electron chi connectivity index (χ3n) is 2.06. The molecule has 4 heteroatoms. The number of phenols is 1. The third kappa shape index (κ3) is 3.77. The van der Waals surface area contributed by atoms with E-state index in [9.17, 15) is 5.11 Å². The lowest BCUT2D eigenvalue weighted by molar-refractivity contribution is 0.199. The van der Waals surface area contributed by atoms with Gasteiger partial charge in [0.15, 0.2) is 11.5 Å². The first-order chi connectivity index (χ1) is 7.27. The van der Waals surface area contributed by atoms with Crippen LogP contribution in [0.2, 0.25) is 0 Å². The SMILES string of the molecule is COCCNCc1ccc(OC)c(O)c1. The van der Waals surface area contributed by atoms with E-state index in [-0.39, 0.29) is 5.75 Å². The molecule has 0 aliphatic carbocycles. The summed E-state index contributed by atoms with van der Waals surface area (Å²) in [5.41, 5.74) is 1.02. The number of benzene rings is 1. The van der Waals surface area contributed by atoms with E-state index in [2.05, 4.69) is 5.32 Å². The van der Waals surface area contributed by atoms with Gasteiger partial charge in [-0.05, 0) is 17.7 Å². The van der Waals surface area contributed by atoms with Crippen molar-refractivity contribution in [2.45, 2.75) is 6.54 Å². The lowest BCUT2D eigenvalue weighted by atomic mass is 10.2. The van der Waals surface area contributed by atoms with Gasteiger partial charge in [-0.15, -0.1) is 0 Å². The summed E-state index contributed by atoms with van der Waals surface area (Å²) in [7, 11) is 3.20. The predicted molar refractivity (Wildman–Crippen MR) is 58.2 cm³/mol. The van der Waals surface area contributed by atoms with Crippen LogP contribution >= 0.6 is 0 Å². The van der Waals surface area contributed by atoms with Crippen molar-refractivity contribution >= 4 is 0 Å². The second-order valence-corrected chi connectivity index (χ2v) is 3.18. The fraction of sp³-hybridized carbons (Fsp3) is 0.455. The highest BCUT2D eigenvalue weighted by atomic mass is 16.5. The largest absolute Gasteiger partial charge is 0.504 e. The zero-order chi connectivity index (χ0) is 11.1. The molecule has 15 heavy (non-hydrogen) atoms. The maximum atomic E-state index is 9.52. The zero-order valence-corrected chi connectivity index (χ0v) is 9.12. The summed E-state index contributed by atoms with van der Waals surface area (Å²) in [4.78, 5) is 0. The van der Waals surface area contributed by atoms with Crippen LogP contribution in [0.25, 0.3) is 0 Å². The quantitative estimate of drug-likeness (QED) is 0.693. The van der Waals surface area contributed by atoms with Crippen molar-refractivity contribution in [2.75, 3.05) is 27.4 Å². The van der Waals surface area contributed by atoms with Crippen LogP contribution in [0, 0.1) is 0 Å². The number of methoxy groups -OCH3 is 2. The summed E-state index contributed by atoms with van der Waals surface area (Å²) in [5.74, 6) is 0.666. The molecule has 0 unspecified atom stereocenters. The summed E-state index contributed by atoms with van der Waals surface area (Å²) in [6, 6.07) is 5.36. The van der Waals surface area contributed by atoms with Crippen LogP contribution in [0.1, 0.15) is 5.56 Å². The van der Waals surface area contributed by atoms with Gasteiger partial charge in [-0.1, -0.05) is 6.07 Å².